The molecule has 3 aromatic rings. The van der Waals surface area contributed by atoms with E-state index in [1.807, 2.05) is 0 Å². The molecular formula is C34H39ClF4. The molecule has 0 radical (unpaired) electrons. The maximum absolute atomic E-state index is 14.8. The van der Waals surface area contributed by atoms with Crippen LogP contribution in [0.1, 0.15) is 98.4 Å². The Morgan fingerprint density at radius 1 is 0.641 bits per heavy atom. The molecule has 5 heteroatoms. The molecule has 210 valence electrons. The van der Waals surface area contributed by atoms with Crippen molar-refractivity contribution in [2.24, 2.45) is 5.92 Å². The molecule has 1 aliphatic rings. The summed E-state index contributed by atoms with van der Waals surface area (Å²) in [5.74, 6) is -1.77. The van der Waals surface area contributed by atoms with E-state index in [4.69, 9.17) is 11.6 Å². The molecule has 0 atom stereocenters. The quantitative estimate of drug-likeness (QED) is 0.118. The second-order valence-corrected chi connectivity index (χ2v) is 11.6. The van der Waals surface area contributed by atoms with Gasteiger partial charge in [0.2, 0.25) is 0 Å². The summed E-state index contributed by atoms with van der Waals surface area (Å²) in [6.45, 7) is 2.24. The minimum atomic E-state index is -0.872. The van der Waals surface area contributed by atoms with E-state index in [-0.39, 0.29) is 18.4 Å². The highest BCUT2D eigenvalue weighted by molar-refractivity contribution is 6.30. The van der Waals surface area contributed by atoms with Crippen LogP contribution in [0.3, 0.4) is 0 Å². The first kappa shape index (κ1) is 29.6. The molecule has 0 aliphatic heterocycles. The van der Waals surface area contributed by atoms with Crippen molar-refractivity contribution >= 4 is 11.6 Å². The Labute approximate surface area is 235 Å². The second kappa shape index (κ2) is 14.3. The standard InChI is InChI=1S/C34H39ClF4/c1-2-3-4-5-6-23-9-14-27(15-10-23)28-16-11-24(12-17-28)7-8-25-19-30(36)29(31(37)20-25)18-13-26-21-32(38)34(35)33(39)22-26/h9-10,14-15,19-22,24,28H,2-8,11-13,16-18H2,1H3/t24-,28-. The number of rotatable bonds is 12. The fourth-order valence-corrected chi connectivity index (χ4v) is 6.04. The highest BCUT2D eigenvalue weighted by Gasteiger charge is 2.23. The van der Waals surface area contributed by atoms with Gasteiger partial charge in [0, 0.05) is 5.56 Å². The van der Waals surface area contributed by atoms with Gasteiger partial charge in [0.1, 0.15) is 28.3 Å². The Kier molecular flexibility index (Phi) is 10.9. The topological polar surface area (TPSA) is 0 Å². The molecule has 1 aliphatic carbocycles. The molecule has 0 unspecified atom stereocenters. The maximum atomic E-state index is 14.8. The Morgan fingerprint density at radius 3 is 1.85 bits per heavy atom. The molecule has 3 aromatic carbocycles. The summed E-state index contributed by atoms with van der Waals surface area (Å²) in [6, 6.07) is 14.3. The van der Waals surface area contributed by atoms with E-state index < -0.39 is 28.3 Å². The van der Waals surface area contributed by atoms with Gasteiger partial charge in [-0.3, -0.25) is 0 Å². The number of unbranched alkanes of at least 4 members (excludes halogenated alkanes) is 3. The molecule has 1 fully saturated rings. The lowest BCUT2D eigenvalue weighted by Gasteiger charge is -2.29. The Morgan fingerprint density at radius 2 is 1.23 bits per heavy atom. The molecule has 0 heterocycles. The molecule has 4 rings (SSSR count). The summed E-state index contributed by atoms with van der Waals surface area (Å²) < 4.78 is 56.9. The number of halogens is 5. The van der Waals surface area contributed by atoms with Crippen molar-refractivity contribution in [3.8, 4) is 0 Å². The molecule has 0 aromatic heterocycles. The number of benzene rings is 3. The fourth-order valence-electron chi connectivity index (χ4n) is 5.93. The van der Waals surface area contributed by atoms with Crippen LogP contribution in [0.25, 0.3) is 0 Å². The molecule has 0 bridgehead atoms. The largest absolute Gasteiger partial charge is 0.207 e. The molecule has 1 saturated carbocycles. The Balaban J connectivity index is 1.24. The van der Waals surface area contributed by atoms with Gasteiger partial charge in [-0.25, -0.2) is 17.6 Å². The second-order valence-electron chi connectivity index (χ2n) is 11.2. The first-order chi connectivity index (χ1) is 18.8. The lowest BCUT2D eigenvalue weighted by atomic mass is 9.76. The van der Waals surface area contributed by atoms with E-state index in [1.54, 1.807) is 0 Å². The number of hydrogen-bond acceptors (Lipinski definition) is 0. The van der Waals surface area contributed by atoms with Gasteiger partial charge >= 0.3 is 0 Å². The van der Waals surface area contributed by atoms with Crippen LogP contribution in [0.2, 0.25) is 5.02 Å². The summed E-state index contributed by atoms with van der Waals surface area (Å²) in [6.07, 6.45) is 12.6. The molecule has 39 heavy (non-hydrogen) atoms. The SMILES string of the molecule is CCCCCCc1ccc([C@H]2CC[C@H](CCc3cc(F)c(CCc4cc(F)c(Cl)c(F)c4)c(F)c3)CC2)cc1. The van der Waals surface area contributed by atoms with Crippen molar-refractivity contribution in [2.45, 2.75) is 96.3 Å². The fraction of sp³-hybridized carbons (Fsp3) is 0.471. The van der Waals surface area contributed by atoms with Gasteiger partial charge in [-0.15, -0.1) is 0 Å². The van der Waals surface area contributed by atoms with Crippen LogP contribution in [-0.2, 0) is 25.7 Å². The highest BCUT2D eigenvalue weighted by Crippen LogP contribution is 2.38. The Bertz CT molecular complexity index is 1170. The van der Waals surface area contributed by atoms with E-state index >= 15 is 0 Å². The van der Waals surface area contributed by atoms with Crippen LogP contribution >= 0.6 is 11.6 Å². The zero-order valence-corrected chi connectivity index (χ0v) is 23.6. The van der Waals surface area contributed by atoms with E-state index in [0.29, 0.717) is 29.4 Å². The van der Waals surface area contributed by atoms with Crippen molar-refractivity contribution < 1.29 is 17.6 Å². The zero-order chi connectivity index (χ0) is 27.8. The van der Waals surface area contributed by atoms with E-state index in [9.17, 15) is 17.6 Å². The minimum absolute atomic E-state index is 0.0162. The van der Waals surface area contributed by atoms with Crippen LogP contribution in [0.5, 0.6) is 0 Å². The van der Waals surface area contributed by atoms with Crippen molar-refractivity contribution in [1.29, 1.82) is 0 Å². The van der Waals surface area contributed by atoms with Crippen molar-refractivity contribution in [3.63, 3.8) is 0 Å². The van der Waals surface area contributed by atoms with Gasteiger partial charge < -0.3 is 0 Å². The van der Waals surface area contributed by atoms with Crippen molar-refractivity contribution in [3.05, 3.63) is 105 Å². The summed E-state index contributed by atoms with van der Waals surface area (Å²) >= 11 is 5.51. The lowest BCUT2D eigenvalue weighted by Crippen LogP contribution is -2.14. The average Bonchev–Trinajstić information content (AvgIpc) is 2.93. The van der Waals surface area contributed by atoms with Gasteiger partial charge in [-0.05, 0) is 123 Å². The molecule has 0 spiro atoms. The van der Waals surface area contributed by atoms with E-state index in [1.165, 1.54) is 48.9 Å². The summed E-state index contributed by atoms with van der Waals surface area (Å²) in [5.41, 5.74) is 3.79. The van der Waals surface area contributed by atoms with Crippen LogP contribution in [-0.4, -0.2) is 0 Å². The van der Waals surface area contributed by atoms with E-state index in [0.717, 1.165) is 50.7 Å². The smallest absolute Gasteiger partial charge is 0.145 e. The summed E-state index contributed by atoms with van der Waals surface area (Å²) in [7, 11) is 0. The van der Waals surface area contributed by atoms with Gasteiger partial charge in [0.15, 0.2) is 0 Å². The normalized spacial score (nSPS) is 17.5. The van der Waals surface area contributed by atoms with Crippen LogP contribution < -0.4 is 0 Å². The monoisotopic (exact) mass is 558 g/mol. The third kappa shape index (κ3) is 8.33. The third-order valence-corrected chi connectivity index (χ3v) is 8.73. The van der Waals surface area contributed by atoms with Crippen LogP contribution in [0, 0.1) is 29.2 Å². The van der Waals surface area contributed by atoms with Crippen LogP contribution in [0.4, 0.5) is 17.6 Å². The molecule has 0 N–H and O–H groups in total. The van der Waals surface area contributed by atoms with Crippen molar-refractivity contribution in [1.82, 2.24) is 0 Å². The van der Waals surface area contributed by atoms with Gasteiger partial charge in [-0.2, -0.15) is 0 Å². The van der Waals surface area contributed by atoms with Gasteiger partial charge in [0.25, 0.3) is 0 Å². The molecule has 0 nitrogen and oxygen atoms in total. The van der Waals surface area contributed by atoms with Crippen LogP contribution in [0.15, 0.2) is 48.5 Å². The maximum Gasteiger partial charge on any atom is 0.145 e. The first-order valence-corrected chi connectivity index (χ1v) is 14.9. The van der Waals surface area contributed by atoms with Gasteiger partial charge in [-0.1, -0.05) is 62.1 Å². The molecule has 0 amide bonds. The number of aryl methyl sites for hydroxylation is 3. The third-order valence-electron chi connectivity index (χ3n) is 8.37. The predicted octanol–water partition coefficient (Wildman–Crippen LogP) is 10.7. The highest BCUT2D eigenvalue weighted by atomic mass is 35.5. The predicted molar refractivity (Wildman–Crippen MR) is 152 cm³/mol. The molecule has 0 saturated heterocycles. The minimum Gasteiger partial charge on any atom is -0.207 e. The summed E-state index contributed by atoms with van der Waals surface area (Å²) in [5, 5.41) is -0.573. The zero-order valence-electron chi connectivity index (χ0n) is 22.9. The lowest BCUT2D eigenvalue weighted by molar-refractivity contribution is 0.310. The van der Waals surface area contributed by atoms with Crippen molar-refractivity contribution in [2.75, 3.05) is 0 Å². The number of hydrogen-bond donors (Lipinski definition) is 0. The Hall–Kier alpha value is -2.33. The van der Waals surface area contributed by atoms with Gasteiger partial charge in [0.05, 0.1) is 0 Å². The average molecular weight is 559 g/mol. The first-order valence-electron chi connectivity index (χ1n) is 14.5. The molecular weight excluding hydrogens is 520 g/mol. The van der Waals surface area contributed by atoms with E-state index in [2.05, 4.69) is 31.2 Å². The summed E-state index contributed by atoms with van der Waals surface area (Å²) in [4.78, 5) is 0.